The van der Waals surface area contributed by atoms with Gasteiger partial charge in [0.2, 0.25) is 5.91 Å². The monoisotopic (exact) mass is 326 g/mol. The number of aryl methyl sites for hydroxylation is 2. The van der Waals surface area contributed by atoms with Gasteiger partial charge in [0.05, 0.1) is 13.1 Å². The van der Waals surface area contributed by atoms with Crippen molar-refractivity contribution in [3.63, 3.8) is 0 Å². The summed E-state index contributed by atoms with van der Waals surface area (Å²) in [4.78, 5) is 12.1. The van der Waals surface area contributed by atoms with Gasteiger partial charge < -0.3 is 20.1 Å². The van der Waals surface area contributed by atoms with Gasteiger partial charge in [-0.05, 0) is 37.1 Å². The molecule has 0 saturated carbocycles. The molecule has 5 heteroatoms. The Balaban J connectivity index is 1.47. The van der Waals surface area contributed by atoms with Gasteiger partial charge in [-0.25, -0.2) is 0 Å². The summed E-state index contributed by atoms with van der Waals surface area (Å²) in [6, 6.07) is 13.6. The lowest BCUT2D eigenvalue weighted by Crippen LogP contribution is -2.42. The SMILES string of the molecule is Cc1cccc(C)c1NCC(=O)NCC1COc2ccccc2O1. The van der Waals surface area contributed by atoms with Crippen molar-refractivity contribution in [2.75, 3.05) is 25.0 Å². The number of para-hydroxylation sites is 3. The van der Waals surface area contributed by atoms with Gasteiger partial charge in [-0.15, -0.1) is 0 Å². The van der Waals surface area contributed by atoms with E-state index < -0.39 is 0 Å². The van der Waals surface area contributed by atoms with Gasteiger partial charge >= 0.3 is 0 Å². The molecule has 1 aliphatic rings. The molecule has 0 spiro atoms. The van der Waals surface area contributed by atoms with Crippen LogP contribution < -0.4 is 20.1 Å². The average molecular weight is 326 g/mol. The second kappa shape index (κ2) is 7.25. The highest BCUT2D eigenvalue weighted by atomic mass is 16.6. The van der Waals surface area contributed by atoms with Crippen LogP contribution in [-0.4, -0.2) is 31.7 Å². The summed E-state index contributed by atoms with van der Waals surface area (Å²) in [5.74, 6) is 1.40. The van der Waals surface area contributed by atoms with Crippen molar-refractivity contribution in [3.8, 4) is 11.5 Å². The minimum absolute atomic E-state index is 0.0693. The van der Waals surface area contributed by atoms with Crippen molar-refractivity contribution < 1.29 is 14.3 Å². The molecule has 0 radical (unpaired) electrons. The largest absolute Gasteiger partial charge is 0.486 e. The number of ether oxygens (including phenoxy) is 2. The molecule has 1 amide bonds. The second-order valence-corrected chi connectivity index (χ2v) is 5.92. The van der Waals surface area contributed by atoms with Crippen molar-refractivity contribution in [2.45, 2.75) is 20.0 Å². The Hall–Kier alpha value is -2.69. The van der Waals surface area contributed by atoms with Crippen LogP contribution in [0.5, 0.6) is 11.5 Å². The minimum atomic E-state index is -0.177. The molecule has 1 unspecified atom stereocenters. The smallest absolute Gasteiger partial charge is 0.239 e. The first-order chi connectivity index (χ1) is 11.6. The third kappa shape index (κ3) is 3.79. The fourth-order valence-corrected chi connectivity index (χ4v) is 2.72. The summed E-state index contributed by atoms with van der Waals surface area (Å²) in [6.45, 7) is 5.13. The predicted octanol–water partition coefficient (Wildman–Crippen LogP) is 2.67. The van der Waals surface area contributed by atoms with E-state index in [-0.39, 0.29) is 18.6 Å². The summed E-state index contributed by atoms with van der Waals surface area (Å²) < 4.78 is 11.5. The van der Waals surface area contributed by atoms with Crippen molar-refractivity contribution >= 4 is 11.6 Å². The van der Waals surface area contributed by atoms with Crippen LogP contribution in [0.25, 0.3) is 0 Å². The molecule has 0 fully saturated rings. The van der Waals surface area contributed by atoms with Crippen molar-refractivity contribution in [1.29, 1.82) is 0 Å². The number of fused-ring (bicyclic) bond motifs is 1. The maximum atomic E-state index is 12.1. The third-order valence-electron chi connectivity index (χ3n) is 4.00. The number of benzene rings is 2. The second-order valence-electron chi connectivity index (χ2n) is 5.92. The molecule has 5 nitrogen and oxygen atoms in total. The van der Waals surface area contributed by atoms with E-state index in [9.17, 15) is 4.79 Å². The molecule has 0 bridgehead atoms. The van der Waals surface area contributed by atoms with E-state index in [4.69, 9.17) is 9.47 Å². The maximum absolute atomic E-state index is 12.1. The molecule has 2 N–H and O–H groups in total. The fourth-order valence-electron chi connectivity index (χ4n) is 2.72. The highest BCUT2D eigenvalue weighted by Crippen LogP contribution is 2.30. The molecule has 0 aliphatic carbocycles. The summed E-state index contributed by atoms with van der Waals surface area (Å²) >= 11 is 0. The summed E-state index contributed by atoms with van der Waals surface area (Å²) in [6.07, 6.45) is -0.177. The standard InChI is InChI=1S/C19H22N2O3/c1-13-6-5-7-14(2)19(13)21-11-18(22)20-10-15-12-23-16-8-3-4-9-17(16)24-15/h3-9,15,21H,10-12H2,1-2H3,(H,20,22). The van der Waals surface area contributed by atoms with E-state index >= 15 is 0 Å². The molecule has 3 rings (SSSR count). The number of hydrogen-bond acceptors (Lipinski definition) is 4. The van der Waals surface area contributed by atoms with Crippen molar-refractivity contribution in [3.05, 3.63) is 53.6 Å². The van der Waals surface area contributed by atoms with Crippen LogP contribution in [0.1, 0.15) is 11.1 Å². The topological polar surface area (TPSA) is 59.6 Å². The lowest BCUT2D eigenvalue weighted by molar-refractivity contribution is -0.119. The van der Waals surface area contributed by atoms with Crippen LogP contribution in [0.15, 0.2) is 42.5 Å². The van der Waals surface area contributed by atoms with E-state index in [1.807, 2.05) is 56.3 Å². The number of hydrogen-bond donors (Lipinski definition) is 2. The number of carbonyl (C=O) groups is 1. The van der Waals surface area contributed by atoms with Gasteiger partial charge in [0.1, 0.15) is 12.7 Å². The van der Waals surface area contributed by atoms with E-state index in [2.05, 4.69) is 10.6 Å². The number of anilines is 1. The number of nitrogens with one attached hydrogen (secondary N) is 2. The number of rotatable bonds is 5. The lowest BCUT2D eigenvalue weighted by atomic mass is 10.1. The van der Waals surface area contributed by atoms with Crippen LogP contribution in [0.3, 0.4) is 0 Å². The van der Waals surface area contributed by atoms with Gasteiger partial charge in [-0.3, -0.25) is 4.79 Å². The lowest BCUT2D eigenvalue weighted by Gasteiger charge is -2.26. The maximum Gasteiger partial charge on any atom is 0.239 e. The van der Waals surface area contributed by atoms with Crippen LogP contribution in [0, 0.1) is 13.8 Å². The molecule has 1 heterocycles. The summed E-state index contributed by atoms with van der Waals surface area (Å²) in [7, 11) is 0. The first-order valence-corrected chi connectivity index (χ1v) is 8.09. The summed E-state index contributed by atoms with van der Waals surface area (Å²) in [5, 5.41) is 6.09. The number of carbonyl (C=O) groups excluding carboxylic acids is 1. The Morgan fingerprint density at radius 1 is 1.08 bits per heavy atom. The van der Waals surface area contributed by atoms with Gasteiger partial charge in [0.25, 0.3) is 0 Å². The Morgan fingerprint density at radius 3 is 2.54 bits per heavy atom. The zero-order valence-electron chi connectivity index (χ0n) is 14.0. The third-order valence-corrected chi connectivity index (χ3v) is 4.00. The van der Waals surface area contributed by atoms with E-state index in [1.165, 1.54) is 0 Å². The van der Waals surface area contributed by atoms with Crippen LogP contribution in [-0.2, 0) is 4.79 Å². The van der Waals surface area contributed by atoms with Gasteiger partial charge in [-0.2, -0.15) is 0 Å². The van der Waals surface area contributed by atoms with Gasteiger partial charge in [0.15, 0.2) is 11.5 Å². The van der Waals surface area contributed by atoms with Crippen molar-refractivity contribution in [1.82, 2.24) is 5.32 Å². The fraction of sp³-hybridized carbons (Fsp3) is 0.316. The predicted molar refractivity (Wildman–Crippen MR) is 93.8 cm³/mol. The van der Waals surface area contributed by atoms with E-state index in [0.29, 0.717) is 13.2 Å². The van der Waals surface area contributed by atoms with Crippen LogP contribution in [0.2, 0.25) is 0 Å². The first-order valence-electron chi connectivity index (χ1n) is 8.09. The Bertz CT molecular complexity index is 710. The van der Waals surface area contributed by atoms with E-state index in [1.54, 1.807) is 0 Å². The zero-order valence-corrected chi connectivity index (χ0v) is 14.0. The molecule has 2 aromatic rings. The minimum Gasteiger partial charge on any atom is -0.486 e. The average Bonchev–Trinajstić information content (AvgIpc) is 2.59. The molecule has 0 aromatic heterocycles. The molecule has 24 heavy (non-hydrogen) atoms. The normalized spacial score (nSPS) is 15.7. The van der Waals surface area contributed by atoms with Crippen molar-refractivity contribution in [2.24, 2.45) is 0 Å². The quantitative estimate of drug-likeness (QED) is 0.887. The Kier molecular flexibility index (Phi) is 4.89. The Labute approximate surface area is 142 Å². The highest BCUT2D eigenvalue weighted by Gasteiger charge is 2.20. The molecule has 1 atom stereocenters. The van der Waals surface area contributed by atoms with Gasteiger partial charge in [0, 0.05) is 5.69 Å². The zero-order chi connectivity index (χ0) is 16.9. The Morgan fingerprint density at radius 2 is 1.79 bits per heavy atom. The molecule has 126 valence electrons. The molecule has 1 aliphatic heterocycles. The molecular weight excluding hydrogens is 304 g/mol. The first kappa shape index (κ1) is 16.2. The molecular formula is C19H22N2O3. The van der Waals surface area contributed by atoms with Crippen LogP contribution in [0.4, 0.5) is 5.69 Å². The van der Waals surface area contributed by atoms with Gasteiger partial charge in [-0.1, -0.05) is 30.3 Å². The van der Waals surface area contributed by atoms with Crippen LogP contribution >= 0.6 is 0 Å². The number of amides is 1. The highest BCUT2D eigenvalue weighted by molar-refractivity contribution is 5.81. The molecule has 0 saturated heterocycles. The molecule has 2 aromatic carbocycles. The van der Waals surface area contributed by atoms with E-state index in [0.717, 1.165) is 28.3 Å². The summed E-state index contributed by atoms with van der Waals surface area (Å²) in [5.41, 5.74) is 3.27.